The minimum Gasteiger partial charge on any atom is -0.435 e. The van der Waals surface area contributed by atoms with E-state index in [-0.39, 0.29) is 0 Å². The molecule has 1 aliphatic heterocycles. The van der Waals surface area contributed by atoms with Gasteiger partial charge in [-0.15, -0.1) is 0 Å². The summed E-state index contributed by atoms with van der Waals surface area (Å²) in [6.45, 7) is 7.95. The highest BCUT2D eigenvalue weighted by Gasteiger charge is 2.18. The number of imidazole rings is 1. The van der Waals surface area contributed by atoms with Crippen molar-refractivity contribution in [3.8, 4) is 11.6 Å². The van der Waals surface area contributed by atoms with Crippen molar-refractivity contribution >= 4 is 28.5 Å². The Morgan fingerprint density at radius 1 is 1.11 bits per heavy atom. The first-order valence-electron chi connectivity index (χ1n) is 9.03. The smallest absolute Gasteiger partial charge is 0.248 e. The van der Waals surface area contributed by atoms with Crippen LogP contribution in [0.25, 0.3) is 34.4 Å². The summed E-state index contributed by atoms with van der Waals surface area (Å²) in [5.41, 5.74) is 5.02. The summed E-state index contributed by atoms with van der Waals surface area (Å²) in [5, 5.41) is 4.52. The summed E-state index contributed by atoms with van der Waals surface area (Å²) in [7, 11) is 2.16. The standard InChI is InChI=1S/C20H20N6O/c1-3-14-4-7-19-21-13-17(26(19)23-14)20-22-16-6-5-15(12-18(16)27-20)25-10-8-24(2)9-11-25/h3-7,12-13H,1,8-11H2,2H3. The van der Waals surface area contributed by atoms with Crippen LogP contribution in [-0.2, 0) is 0 Å². The van der Waals surface area contributed by atoms with E-state index < -0.39 is 0 Å². The van der Waals surface area contributed by atoms with Gasteiger partial charge in [0.1, 0.15) is 11.2 Å². The normalized spacial score (nSPS) is 15.7. The Morgan fingerprint density at radius 3 is 2.78 bits per heavy atom. The van der Waals surface area contributed by atoms with Gasteiger partial charge in [-0.2, -0.15) is 5.10 Å². The highest BCUT2D eigenvalue weighted by atomic mass is 16.3. The van der Waals surface area contributed by atoms with Crippen molar-refractivity contribution in [1.82, 2.24) is 24.5 Å². The molecule has 0 unspecified atom stereocenters. The fourth-order valence-electron chi connectivity index (χ4n) is 3.43. The maximum atomic E-state index is 6.07. The number of piperazine rings is 1. The number of likely N-dealkylation sites (N-methyl/N-ethyl adjacent to an activating group) is 1. The zero-order valence-electron chi connectivity index (χ0n) is 15.2. The van der Waals surface area contributed by atoms with E-state index in [0.717, 1.165) is 54.3 Å². The van der Waals surface area contributed by atoms with E-state index in [2.05, 4.69) is 50.6 Å². The lowest BCUT2D eigenvalue weighted by Gasteiger charge is -2.33. The van der Waals surface area contributed by atoms with Crippen LogP contribution in [0.4, 0.5) is 5.69 Å². The number of rotatable bonds is 3. The van der Waals surface area contributed by atoms with Crippen molar-refractivity contribution in [3.05, 3.63) is 48.8 Å². The molecule has 1 aliphatic rings. The quantitative estimate of drug-likeness (QED) is 0.560. The van der Waals surface area contributed by atoms with E-state index in [4.69, 9.17) is 4.42 Å². The van der Waals surface area contributed by atoms with Gasteiger partial charge in [-0.3, -0.25) is 0 Å². The van der Waals surface area contributed by atoms with Gasteiger partial charge >= 0.3 is 0 Å². The molecule has 0 amide bonds. The Balaban J connectivity index is 1.54. The van der Waals surface area contributed by atoms with Crippen LogP contribution in [0.3, 0.4) is 0 Å². The number of oxazole rings is 1. The molecule has 0 atom stereocenters. The summed E-state index contributed by atoms with van der Waals surface area (Å²) < 4.78 is 7.81. The van der Waals surface area contributed by atoms with Crippen LogP contribution >= 0.6 is 0 Å². The molecule has 1 saturated heterocycles. The zero-order valence-corrected chi connectivity index (χ0v) is 15.2. The van der Waals surface area contributed by atoms with Crippen molar-refractivity contribution in [3.63, 3.8) is 0 Å². The fourth-order valence-corrected chi connectivity index (χ4v) is 3.43. The summed E-state index contributed by atoms with van der Waals surface area (Å²) in [5.74, 6) is 0.515. The molecule has 7 nitrogen and oxygen atoms in total. The second kappa shape index (κ2) is 6.21. The SMILES string of the molecule is C=Cc1ccc2ncc(-c3nc4ccc(N5CCN(C)CC5)cc4o3)n2n1. The van der Waals surface area contributed by atoms with E-state index in [1.54, 1.807) is 16.8 Å². The molecule has 1 aromatic carbocycles. The fraction of sp³-hybridized carbons (Fsp3) is 0.250. The third kappa shape index (κ3) is 2.76. The molecule has 0 spiro atoms. The van der Waals surface area contributed by atoms with Crippen molar-refractivity contribution in [2.24, 2.45) is 0 Å². The van der Waals surface area contributed by atoms with Gasteiger partial charge in [0.2, 0.25) is 5.89 Å². The van der Waals surface area contributed by atoms with Crippen molar-refractivity contribution in [2.75, 3.05) is 38.1 Å². The molecule has 0 saturated carbocycles. The molecule has 0 aliphatic carbocycles. The van der Waals surface area contributed by atoms with Crippen LogP contribution < -0.4 is 4.90 Å². The molecule has 0 bridgehead atoms. The molecular weight excluding hydrogens is 340 g/mol. The van der Waals surface area contributed by atoms with Gasteiger partial charge in [0.15, 0.2) is 11.2 Å². The highest BCUT2D eigenvalue weighted by Crippen LogP contribution is 2.28. The number of hydrogen-bond acceptors (Lipinski definition) is 6. The minimum atomic E-state index is 0.515. The maximum absolute atomic E-state index is 6.07. The Labute approximate surface area is 156 Å². The first-order valence-corrected chi connectivity index (χ1v) is 9.03. The summed E-state index contributed by atoms with van der Waals surface area (Å²) in [4.78, 5) is 13.8. The number of anilines is 1. The lowest BCUT2D eigenvalue weighted by molar-refractivity contribution is 0.313. The molecule has 3 aromatic heterocycles. The largest absolute Gasteiger partial charge is 0.435 e. The van der Waals surface area contributed by atoms with E-state index in [9.17, 15) is 0 Å². The number of hydrogen-bond donors (Lipinski definition) is 0. The topological polar surface area (TPSA) is 62.7 Å². The second-order valence-electron chi connectivity index (χ2n) is 6.84. The molecule has 0 N–H and O–H groups in total. The zero-order chi connectivity index (χ0) is 18.4. The molecule has 4 heterocycles. The molecule has 27 heavy (non-hydrogen) atoms. The Bertz CT molecular complexity index is 1140. The number of benzene rings is 1. The molecule has 7 heteroatoms. The molecule has 0 radical (unpaired) electrons. The lowest BCUT2D eigenvalue weighted by atomic mass is 10.2. The van der Waals surface area contributed by atoms with Crippen LogP contribution in [0.1, 0.15) is 5.69 Å². The number of aromatic nitrogens is 4. The van der Waals surface area contributed by atoms with E-state index in [1.807, 2.05) is 18.2 Å². The van der Waals surface area contributed by atoms with Gasteiger partial charge in [0, 0.05) is 37.9 Å². The first-order chi connectivity index (χ1) is 13.2. The number of nitrogens with zero attached hydrogens (tertiary/aromatic N) is 6. The lowest BCUT2D eigenvalue weighted by Crippen LogP contribution is -2.44. The number of fused-ring (bicyclic) bond motifs is 2. The summed E-state index contributed by atoms with van der Waals surface area (Å²) in [6.07, 6.45) is 3.44. The maximum Gasteiger partial charge on any atom is 0.248 e. The van der Waals surface area contributed by atoms with Crippen molar-refractivity contribution < 1.29 is 4.42 Å². The van der Waals surface area contributed by atoms with Crippen molar-refractivity contribution in [2.45, 2.75) is 0 Å². The van der Waals surface area contributed by atoms with Crippen molar-refractivity contribution in [1.29, 1.82) is 0 Å². The van der Waals surface area contributed by atoms with E-state index in [0.29, 0.717) is 5.89 Å². The average Bonchev–Trinajstić information content (AvgIpc) is 3.31. The Hall–Kier alpha value is -3.19. The van der Waals surface area contributed by atoms with Gasteiger partial charge in [0.25, 0.3) is 0 Å². The third-order valence-corrected chi connectivity index (χ3v) is 5.05. The van der Waals surface area contributed by atoms with Crippen LogP contribution in [-0.4, -0.2) is 57.7 Å². The van der Waals surface area contributed by atoms with E-state index >= 15 is 0 Å². The second-order valence-corrected chi connectivity index (χ2v) is 6.84. The molecular formula is C20H20N6O. The van der Waals surface area contributed by atoms with Crippen LogP contribution in [0, 0.1) is 0 Å². The molecule has 5 rings (SSSR count). The third-order valence-electron chi connectivity index (χ3n) is 5.05. The van der Waals surface area contributed by atoms with E-state index in [1.165, 1.54) is 5.69 Å². The van der Waals surface area contributed by atoms with Gasteiger partial charge in [-0.1, -0.05) is 6.58 Å². The van der Waals surface area contributed by atoms with Gasteiger partial charge in [0.05, 0.1) is 11.9 Å². The Kier molecular flexibility index (Phi) is 3.68. The van der Waals surface area contributed by atoms with Crippen LogP contribution in [0.5, 0.6) is 0 Å². The van der Waals surface area contributed by atoms with Crippen LogP contribution in [0.15, 0.2) is 47.5 Å². The minimum absolute atomic E-state index is 0.515. The predicted molar refractivity (Wildman–Crippen MR) is 106 cm³/mol. The molecule has 4 aromatic rings. The van der Waals surface area contributed by atoms with Crippen LogP contribution in [0.2, 0.25) is 0 Å². The van der Waals surface area contributed by atoms with Gasteiger partial charge in [-0.05, 0) is 37.4 Å². The molecule has 136 valence electrons. The Morgan fingerprint density at radius 2 is 1.96 bits per heavy atom. The van der Waals surface area contributed by atoms with Gasteiger partial charge < -0.3 is 14.2 Å². The molecule has 1 fully saturated rings. The monoisotopic (exact) mass is 360 g/mol. The average molecular weight is 360 g/mol. The predicted octanol–water partition coefficient (Wildman–Crippen LogP) is 2.93. The summed E-state index contributed by atoms with van der Waals surface area (Å²) >= 11 is 0. The first kappa shape index (κ1) is 16.0. The highest BCUT2D eigenvalue weighted by molar-refractivity contribution is 5.80. The van der Waals surface area contributed by atoms with Gasteiger partial charge in [-0.25, -0.2) is 14.5 Å². The summed E-state index contributed by atoms with van der Waals surface area (Å²) in [6, 6.07) is 9.99.